The van der Waals surface area contributed by atoms with E-state index in [1.54, 1.807) is 0 Å². The summed E-state index contributed by atoms with van der Waals surface area (Å²) >= 11 is 0. The van der Waals surface area contributed by atoms with E-state index in [1.807, 2.05) is 6.07 Å². The van der Waals surface area contributed by atoms with Crippen LogP contribution in [0.2, 0.25) is 0 Å². The lowest BCUT2D eigenvalue weighted by Crippen LogP contribution is -2.19. The molecule has 1 N–H and O–H groups in total. The van der Waals surface area contributed by atoms with Crippen LogP contribution < -0.4 is 15.2 Å². The second kappa shape index (κ2) is 6.98. The molecule has 4 rings (SSSR count). The van der Waals surface area contributed by atoms with E-state index in [0.717, 1.165) is 32.6 Å². The summed E-state index contributed by atoms with van der Waals surface area (Å²) in [5, 5.41) is 11.0. The standard InChI is InChI=1S/C20H27N3O/c24-15-17(14-16-8-2-1-3-9-16)21-18-19(22-10-4-5-11-22)20(18)23-12-6-7-13-23/h1-3,8-9,17,24H,4-7,10-15H2. The number of hydrogen-bond donors (Lipinski definition) is 1. The van der Waals surface area contributed by atoms with Gasteiger partial charge in [0.25, 0.3) is 0 Å². The van der Waals surface area contributed by atoms with Crippen molar-refractivity contribution in [2.45, 2.75) is 38.1 Å². The third kappa shape index (κ3) is 3.20. The van der Waals surface area contributed by atoms with Gasteiger partial charge in [-0.15, -0.1) is 0 Å². The first-order chi connectivity index (χ1) is 11.9. The number of anilines is 2. The SMILES string of the molecule is OCC(Cc1ccccc1)N=c1c(N2CCCC2)c1N1CCCC1. The minimum Gasteiger partial charge on any atom is -0.394 e. The van der Waals surface area contributed by atoms with Gasteiger partial charge < -0.3 is 14.9 Å². The van der Waals surface area contributed by atoms with Crippen LogP contribution >= 0.6 is 0 Å². The minimum atomic E-state index is -0.0416. The van der Waals surface area contributed by atoms with Crippen molar-refractivity contribution in [3.05, 3.63) is 41.3 Å². The molecule has 0 amide bonds. The summed E-state index contributed by atoms with van der Waals surface area (Å²) in [4.78, 5) is 9.97. The molecular weight excluding hydrogens is 298 g/mol. The van der Waals surface area contributed by atoms with Crippen LogP contribution in [0.25, 0.3) is 0 Å². The summed E-state index contributed by atoms with van der Waals surface area (Å²) in [6.45, 7) is 4.75. The Kier molecular flexibility index (Phi) is 4.56. The third-order valence-corrected chi connectivity index (χ3v) is 5.29. The summed E-state index contributed by atoms with van der Waals surface area (Å²) in [6, 6.07) is 10.3. The van der Waals surface area contributed by atoms with E-state index < -0.39 is 0 Å². The molecule has 2 aromatic carbocycles. The van der Waals surface area contributed by atoms with Crippen LogP contribution in [0.4, 0.5) is 11.4 Å². The molecule has 4 nitrogen and oxygen atoms in total. The van der Waals surface area contributed by atoms with Gasteiger partial charge in [-0.3, -0.25) is 4.99 Å². The van der Waals surface area contributed by atoms with Gasteiger partial charge in [0.05, 0.1) is 24.0 Å². The first kappa shape index (κ1) is 15.7. The molecule has 2 aliphatic heterocycles. The van der Waals surface area contributed by atoms with Crippen LogP contribution in [0.1, 0.15) is 31.2 Å². The summed E-state index contributed by atoms with van der Waals surface area (Å²) in [7, 11) is 0. The summed E-state index contributed by atoms with van der Waals surface area (Å²) < 4.78 is 0. The molecule has 1 atom stereocenters. The Labute approximate surface area is 144 Å². The van der Waals surface area contributed by atoms with Gasteiger partial charge in [0.15, 0.2) is 0 Å². The van der Waals surface area contributed by atoms with Crippen molar-refractivity contribution in [1.29, 1.82) is 0 Å². The lowest BCUT2D eigenvalue weighted by molar-refractivity contribution is 0.264. The molecule has 2 aliphatic rings. The quantitative estimate of drug-likeness (QED) is 0.885. The molecule has 2 heterocycles. The van der Waals surface area contributed by atoms with Crippen molar-refractivity contribution >= 4 is 11.4 Å². The van der Waals surface area contributed by atoms with Gasteiger partial charge in [0.2, 0.25) is 0 Å². The Balaban J connectivity index is 1.57. The Morgan fingerprint density at radius 3 is 1.92 bits per heavy atom. The highest BCUT2D eigenvalue weighted by Crippen LogP contribution is 2.36. The first-order valence-electron chi connectivity index (χ1n) is 9.34. The van der Waals surface area contributed by atoms with E-state index in [1.165, 1.54) is 48.0 Å². The predicted octanol–water partition coefficient (Wildman–Crippen LogP) is 2.27. The van der Waals surface area contributed by atoms with Gasteiger partial charge in [-0.25, -0.2) is 0 Å². The largest absolute Gasteiger partial charge is 0.394 e. The maximum absolute atomic E-state index is 9.81. The zero-order valence-corrected chi connectivity index (χ0v) is 14.3. The van der Waals surface area contributed by atoms with Gasteiger partial charge in [0.1, 0.15) is 5.36 Å². The average Bonchev–Trinajstić information content (AvgIpc) is 3.07. The normalized spacial score (nSPS) is 19.4. The summed E-state index contributed by atoms with van der Waals surface area (Å²) in [5.41, 5.74) is 3.99. The van der Waals surface area contributed by atoms with Crippen molar-refractivity contribution in [1.82, 2.24) is 0 Å². The van der Waals surface area contributed by atoms with Gasteiger partial charge in [0, 0.05) is 26.2 Å². The Morgan fingerprint density at radius 1 is 0.875 bits per heavy atom. The smallest absolute Gasteiger partial charge is 0.109 e. The molecule has 0 aliphatic carbocycles. The molecule has 2 fully saturated rings. The number of benzene rings is 1. The first-order valence-corrected chi connectivity index (χ1v) is 9.34. The number of nitrogens with zero attached hydrogens (tertiary/aromatic N) is 3. The van der Waals surface area contributed by atoms with Gasteiger partial charge >= 0.3 is 0 Å². The molecule has 0 radical (unpaired) electrons. The lowest BCUT2D eigenvalue weighted by Gasteiger charge is -2.15. The highest BCUT2D eigenvalue weighted by Gasteiger charge is 2.33. The maximum atomic E-state index is 9.81. The van der Waals surface area contributed by atoms with Crippen molar-refractivity contribution in [3.8, 4) is 0 Å². The number of hydrogen-bond acceptors (Lipinski definition) is 4. The second-order valence-electron chi connectivity index (χ2n) is 7.09. The topological polar surface area (TPSA) is 39.1 Å². The number of aliphatic hydroxyl groups is 1. The van der Waals surface area contributed by atoms with E-state index in [4.69, 9.17) is 4.99 Å². The predicted molar refractivity (Wildman–Crippen MR) is 98.3 cm³/mol. The van der Waals surface area contributed by atoms with Gasteiger partial charge in [-0.2, -0.15) is 0 Å². The monoisotopic (exact) mass is 325 g/mol. The summed E-state index contributed by atoms with van der Waals surface area (Å²) in [5.74, 6) is 0. The Hall–Kier alpha value is -1.81. The summed E-state index contributed by atoms with van der Waals surface area (Å²) in [6.07, 6.45) is 5.96. The van der Waals surface area contributed by atoms with Crippen LogP contribution in [0.15, 0.2) is 35.3 Å². The van der Waals surface area contributed by atoms with Crippen LogP contribution in [0, 0.1) is 0 Å². The fourth-order valence-electron chi connectivity index (χ4n) is 3.98. The van der Waals surface area contributed by atoms with Crippen molar-refractivity contribution < 1.29 is 5.11 Å². The van der Waals surface area contributed by atoms with Crippen LogP contribution in [0.5, 0.6) is 0 Å². The second-order valence-corrected chi connectivity index (χ2v) is 7.09. The van der Waals surface area contributed by atoms with E-state index >= 15 is 0 Å². The van der Waals surface area contributed by atoms with Crippen LogP contribution in [0.3, 0.4) is 0 Å². The molecule has 0 bridgehead atoms. The van der Waals surface area contributed by atoms with E-state index in [-0.39, 0.29) is 12.6 Å². The van der Waals surface area contributed by atoms with E-state index in [0.29, 0.717) is 0 Å². The fraction of sp³-hybridized carbons (Fsp3) is 0.550. The average molecular weight is 325 g/mol. The van der Waals surface area contributed by atoms with E-state index in [2.05, 4.69) is 34.1 Å². The zero-order valence-electron chi connectivity index (χ0n) is 14.3. The molecule has 4 heteroatoms. The van der Waals surface area contributed by atoms with E-state index in [9.17, 15) is 5.11 Å². The molecule has 0 saturated carbocycles. The number of rotatable bonds is 6. The minimum absolute atomic E-state index is 0.0416. The molecular formula is C20H27N3O. The number of aliphatic hydroxyl groups excluding tert-OH is 1. The van der Waals surface area contributed by atoms with Crippen molar-refractivity contribution in [2.24, 2.45) is 4.99 Å². The third-order valence-electron chi connectivity index (χ3n) is 5.29. The zero-order chi connectivity index (χ0) is 16.4. The molecule has 0 spiro atoms. The lowest BCUT2D eigenvalue weighted by atomic mass is 10.1. The fourth-order valence-corrected chi connectivity index (χ4v) is 3.98. The van der Waals surface area contributed by atoms with Crippen molar-refractivity contribution in [2.75, 3.05) is 42.6 Å². The Bertz CT molecular complexity index is 644. The van der Waals surface area contributed by atoms with Crippen molar-refractivity contribution in [3.63, 3.8) is 0 Å². The Morgan fingerprint density at radius 2 is 1.42 bits per heavy atom. The van der Waals surface area contributed by atoms with Crippen LogP contribution in [-0.4, -0.2) is 43.9 Å². The molecule has 2 aromatic rings. The molecule has 2 saturated heterocycles. The maximum Gasteiger partial charge on any atom is 0.109 e. The molecule has 24 heavy (non-hydrogen) atoms. The van der Waals surface area contributed by atoms with Gasteiger partial charge in [-0.1, -0.05) is 30.3 Å². The molecule has 0 aromatic heterocycles. The van der Waals surface area contributed by atoms with Gasteiger partial charge in [-0.05, 0) is 37.7 Å². The highest BCUT2D eigenvalue weighted by atomic mass is 16.3. The molecule has 1 unspecified atom stereocenters. The van der Waals surface area contributed by atoms with Crippen LogP contribution in [-0.2, 0) is 6.42 Å². The highest BCUT2D eigenvalue weighted by molar-refractivity contribution is 5.85. The molecule has 128 valence electrons.